The Morgan fingerprint density at radius 1 is 0.600 bits per heavy atom. The molecule has 0 aromatic rings. The minimum Gasteiger partial charge on any atom is -0.481 e. The van der Waals surface area contributed by atoms with Crippen LogP contribution in [-0.4, -0.2) is 33.2 Å². The minimum absolute atomic E-state index is 0.0933. The third-order valence-corrected chi connectivity index (χ3v) is 4.62. The quantitative estimate of drug-likeness (QED) is 0.259. The second-order valence-electron chi connectivity index (χ2n) is 6.78. The number of rotatable bonds is 17. The van der Waals surface area contributed by atoms with E-state index in [1.165, 1.54) is 51.4 Å². The Labute approximate surface area is 150 Å². The fourth-order valence-electron chi connectivity index (χ4n) is 3.09. The van der Waals surface area contributed by atoms with Gasteiger partial charge in [-0.2, -0.15) is 0 Å². The molecule has 0 aromatic carbocycles. The van der Waals surface area contributed by atoms with Crippen molar-refractivity contribution in [2.75, 3.05) is 0 Å². The first-order valence-electron chi connectivity index (χ1n) is 9.60. The predicted octanol–water partition coefficient (Wildman–Crippen LogP) is 4.56. The molecule has 0 aliphatic rings. The molecule has 146 valence electrons. The van der Waals surface area contributed by atoms with Crippen LogP contribution in [0.3, 0.4) is 0 Å². The predicted molar refractivity (Wildman–Crippen MR) is 95.6 cm³/mol. The molecule has 0 saturated carbocycles. The van der Waals surface area contributed by atoms with Crippen LogP contribution in [0.2, 0.25) is 0 Å². The number of carboxylic acids is 3. The highest BCUT2D eigenvalue weighted by Gasteiger charge is 2.39. The maximum atomic E-state index is 11.2. The van der Waals surface area contributed by atoms with Gasteiger partial charge in [0.25, 0.3) is 0 Å². The average molecular weight is 358 g/mol. The van der Waals surface area contributed by atoms with Crippen molar-refractivity contribution in [3.8, 4) is 0 Å². The van der Waals surface area contributed by atoms with Crippen LogP contribution in [0.5, 0.6) is 0 Å². The third-order valence-electron chi connectivity index (χ3n) is 4.62. The molecule has 0 bridgehead atoms. The van der Waals surface area contributed by atoms with Gasteiger partial charge in [-0.25, -0.2) is 0 Å². The fourth-order valence-corrected chi connectivity index (χ4v) is 3.09. The van der Waals surface area contributed by atoms with Gasteiger partial charge in [-0.1, -0.05) is 84.0 Å². The van der Waals surface area contributed by atoms with Crippen molar-refractivity contribution in [2.45, 2.75) is 90.4 Å². The molecule has 25 heavy (non-hydrogen) atoms. The van der Waals surface area contributed by atoms with Gasteiger partial charge in [-0.05, 0) is 6.42 Å². The molecule has 0 rings (SSSR count). The monoisotopic (exact) mass is 358 g/mol. The molecule has 0 radical (unpaired) electrons. The fraction of sp³-hybridized carbons (Fsp3) is 0.842. The van der Waals surface area contributed by atoms with Gasteiger partial charge in [-0.3, -0.25) is 14.4 Å². The molecule has 0 aromatic heterocycles. The molecule has 3 N–H and O–H groups in total. The van der Waals surface area contributed by atoms with E-state index in [0.29, 0.717) is 6.42 Å². The number of aliphatic carboxylic acids is 3. The first-order chi connectivity index (χ1) is 11.9. The topological polar surface area (TPSA) is 112 Å². The highest BCUT2D eigenvalue weighted by molar-refractivity contribution is 5.97. The Hall–Kier alpha value is -1.59. The van der Waals surface area contributed by atoms with E-state index in [4.69, 9.17) is 15.3 Å². The Morgan fingerprint density at radius 2 is 0.960 bits per heavy atom. The highest BCUT2D eigenvalue weighted by atomic mass is 16.4. The SMILES string of the molecule is CCCCCCCCCCCCCCC(C(=O)O)C(C(=O)O)C(=O)O. The number of carbonyl (C=O) groups is 3. The van der Waals surface area contributed by atoms with Gasteiger partial charge in [-0.15, -0.1) is 0 Å². The first kappa shape index (κ1) is 23.4. The molecule has 1 unspecified atom stereocenters. The Morgan fingerprint density at radius 3 is 1.28 bits per heavy atom. The summed E-state index contributed by atoms with van der Waals surface area (Å²) in [5.41, 5.74) is 0. The lowest BCUT2D eigenvalue weighted by Crippen LogP contribution is -2.35. The Kier molecular flexibility index (Phi) is 13.8. The van der Waals surface area contributed by atoms with Crippen LogP contribution in [0.1, 0.15) is 90.4 Å². The summed E-state index contributed by atoms with van der Waals surface area (Å²) in [5, 5.41) is 26.9. The van der Waals surface area contributed by atoms with Crippen LogP contribution in [0.4, 0.5) is 0 Å². The molecular weight excluding hydrogens is 324 g/mol. The lowest BCUT2D eigenvalue weighted by molar-refractivity contribution is -0.164. The van der Waals surface area contributed by atoms with E-state index >= 15 is 0 Å². The van der Waals surface area contributed by atoms with E-state index in [-0.39, 0.29) is 6.42 Å². The van der Waals surface area contributed by atoms with Gasteiger partial charge >= 0.3 is 17.9 Å². The van der Waals surface area contributed by atoms with Crippen molar-refractivity contribution in [2.24, 2.45) is 11.8 Å². The normalized spacial score (nSPS) is 12.2. The van der Waals surface area contributed by atoms with Crippen molar-refractivity contribution in [1.82, 2.24) is 0 Å². The van der Waals surface area contributed by atoms with Crippen molar-refractivity contribution in [3.63, 3.8) is 0 Å². The van der Waals surface area contributed by atoms with Gasteiger partial charge in [0.1, 0.15) is 0 Å². The summed E-state index contributed by atoms with van der Waals surface area (Å²) in [7, 11) is 0. The molecule has 0 amide bonds. The first-order valence-corrected chi connectivity index (χ1v) is 9.60. The van der Waals surface area contributed by atoms with Crippen molar-refractivity contribution in [1.29, 1.82) is 0 Å². The standard InChI is InChI=1S/C19H34O6/c1-2-3-4-5-6-7-8-9-10-11-12-13-14-15(17(20)21)16(18(22)23)19(24)25/h15-16H,2-14H2,1H3,(H,20,21)(H,22,23)(H,24,25). The summed E-state index contributed by atoms with van der Waals surface area (Å²) < 4.78 is 0. The lowest BCUT2D eigenvalue weighted by Gasteiger charge is -2.16. The van der Waals surface area contributed by atoms with E-state index in [9.17, 15) is 14.4 Å². The minimum atomic E-state index is -1.87. The van der Waals surface area contributed by atoms with E-state index in [2.05, 4.69) is 6.92 Å². The largest absolute Gasteiger partial charge is 0.481 e. The zero-order chi connectivity index (χ0) is 19.1. The highest BCUT2D eigenvalue weighted by Crippen LogP contribution is 2.21. The van der Waals surface area contributed by atoms with Gasteiger partial charge < -0.3 is 15.3 Å². The molecular formula is C19H34O6. The zero-order valence-corrected chi connectivity index (χ0v) is 15.4. The number of hydrogen-bond donors (Lipinski definition) is 3. The maximum Gasteiger partial charge on any atom is 0.318 e. The number of carboxylic acid groups (broad SMARTS) is 3. The zero-order valence-electron chi connectivity index (χ0n) is 15.4. The molecule has 0 aliphatic heterocycles. The van der Waals surface area contributed by atoms with Crippen molar-refractivity contribution >= 4 is 17.9 Å². The van der Waals surface area contributed by atoms with Crippen LogP contribution >= 0.6 is 0 Å². The number of unbranched alkanes of at least 4 members (excludes halogenated alkanes) is 11. The van der Waals surface area contributed by atoms with E-state index < -0.39 is 29.7 Å². The molecule has 0 spiro atoms. The summed E-state index contributed by atoms with van der Waals surface area (Å²) in [4.78, 5) is 33.1. The average Bonchev–Trinajstić information content (AvgIpc) is 2.53. The van der Waals surface area contributed by atoms with Crippen LogP contribution in [0, 0.1) is 11.8 Å². The second kappa shape index (κ2) is 14.7. The van der Waals surface area contributed by atoms with Crippen molar-refractivity contribution < 1.29 is 29.7 Å². The Bertz CT molecular complexity index is 379. The van der Waals surface area contributed by atoms with E-state index in [0.717, 1.165) is 19.3 Å². The van der Waals surface area contributed by atoms with Crippen LogP contribution in [0.15, 0.2) is 0 Å². The van der Waals surface area contributed by atoms with Gasteiger partial charge in [0.05, 0.1) is 5.92 Å². The molecule has 6 nitrogen and oxygen atoms in total. The molecule has 1 atom stereocenters. The van der Waals surface area contributed by atoms with Crippen molar-refractivity contribution in [3.05, 3.63) is 0 Å². The van der Waals surface area contributed by atoms with Gasteiger partial charge in [0.2, 0.25) is 0 Å². The van der Waals surface area contributed by atoms with E-state index in [1.807, 2.05) is 0 Å². The molecule has 0 saturated heterocycles. The summed E-state index contributed by atoms with van der Waals surface area (Å²) >= 11 is 0. The molecule has 6 heteroatoms. The molecule has 0 fully saturated rings. The van der Waals surface area contributed by atoms with Crippen LogP contribution < -0.4 is 0 Å². The summed E-state index contributed by atoms with van der Waals surface area (Å²) in [6.45, 7) is 2.21. The van der Waals surface area contributed by atoms with Gasteiger partial charge in [0.15, 0.2) is 5.92 Å². The van der Waals surface area contributed by atoms with Crippen LogP contribution in [0.25, 0.3) is 0 Å². The second-order valence-corrected chi connectivity index (χ2v) is 6.78. The smallest absolute Gasteiger partial charge is 0.318 e. The Balaban J connectivity index is 3.78. The number of hydrogen-bond acceptors (Lipinski definition) is 3. The molecule has 0 heterocycles. The van der Waals surface area contributed by atoms with E-state index in [1.54, 1.807) is 0 Å². The summed E-state index contributed by atoms with van der Waals surface area (Å²) in [6, 6.07) is 0. The third kappa shape index (κ3) is 11.6. The van der Waals surface area contributed by atoms with Crippen LogP contribution in [-0.2, 0) is 14.4 Å². The summed E-state index contributed by atoms with van der Waals surface area (Å²) in [6.07, 6.45) is 13.7. The molecule has 0 aliphatic carbocycles. The summed E-state index contributed by atoms with van der Waals surface area (Å²) in [5.74, 6) is -7.75. The lowest BCUT2D eigenvalue weighted by atomic mass is 9.87. The van der Waals surface area contributed by atoms with Gasteiger partial charge in [0, 0.05) is 0 Å². The maximum absolute atomic E-state index is 11.2.